The van der Waals surface area contributed by atoms with Gasteiger partial charge in [0.05, 0.1) is 17.9 Å². The first kappa shape index (κ1) is 20.7. The van der Waals surface area contributed by atoms with E-state index in [9.17, 15) is 13.2 Å². The number of amides is 1. The highest BCUT2D eigenvalue weighted by molar-refractivity contribution is 7.90. The number of hydrogen-bond donors (Lipinski definition) is 2. The molecule has 0 aliphatic heterocycles. The Labute approximate surface area is 137 Å². The van der Waals surface area contributed by atoms with Gasteiger partial charge in [-0.3, -0.25) is 4.79 Å². The molecule has 1 rings (SSSR count). The first-order valence-electron chi connectivity index (χ1n) is 6.56. The molecule has 0 aliphatic rings. The van der Waals surface area contributed by atoms with E-state index in [0.29, 0.717) is 12.3 Å². The average molecular weight is 351 g/mol. The fraction of sp³-hybridized carbons (Fsp3) is 0.500. The summed E-state index contributed by atoms with van der Waals surface area (Å²) in [5.41, 5.74) is 5.31. The number of hydrogen-bond acceptors (Lipinski definition) is 5. The van der Waals surface area contributed by atoms with Gasteiger partial charge < -0.3 is 15.8 Å². The van der Waals surface area contributed by atoms with Crippen molar-refractivity contribution in [2.75, 3.05) is 19.4 Å². The lowest BCUT2D eigenvalue weighted by atomic mass is 10.1. The van der Waals surface area contributed by atoms with Gasteiger partial charge in [0.1, 0.15) is 5.75 Å². The number of rotatable bonds is 7. The molecule has 0 aromatic heterocycles. The van der Waals surface area contributed by atoms with Crippen molar-refractivity contribution in [1.29, 1.82) is 0 Å². The Morgan fingerprint density at radius 3 is 2.27 bits per heavy atom. The van der Waals surface area contributed by atoms with Crippen molar-refractivity contribution >= 4 is 28.2 Å². The maximum atomic E-state index is 11.5. The second kappa shape index (κ2) is 8.36. The van der Waals surface area contributed by atoms with Crippen LogP contribution in [0.1, 0.15) is 20.3 Å². The molecule has 0 radical (unpaired) electrons. The fourth-order valence-electron chi connectivity index (χ4n) is 1.46. The van der Waals surface area contributed by atoms with Gasteiger partial charge in [-0.2, -0.15) is 0 Å². The van der Waals surface area contributed by atoms with Crippen LogP contribution in [-0.2, 0) is 14.6 Å². The van der Waals surface area contributed by atoms with Crippen LogP contribution in [0.5, 0.6) is 5.75 Å². The highest BCUT2D eigenvalue weighted by Gasteiger charge is 2.12. The first-order chi connectivity index (χ1) is 9.58. The van der Waals surface area contributed by atoms with Gasteiger partial charge in [-0.05, 0) is 38.1 Å². The molecule has 0 aliphatic carbocycles. The summed E-state index contributed by atoms with van der Waals surface area (Å²) in [5.74, 6) is 0.385. The van der Waals surface area contributed by atoms with Crippen molar-refractivity contribution in [3.05, 3.63) is 24.3 Å². The molecule has 126 valence electrons. The second-order valence-electron chi connectivity index (χ2n) is 5.61. The summed E-state index contributed by atoms with van der Waals surface area (Å²) < 4.78 is 28.0. The summed E-state index contributed by atoms with van der Waals surface area (Å²) in [6.45, 7) is 4.27. The first-order valence-corrected chi connectivity index (χ1v) is 8.45. The Hall–Kier alpha value is -1.31. The Bertz CT molecular complexity index is 580. The minimum atomic E-state index is -3.21. The van der Waals surface area contributed by atoms with E-state index in [2.05, 4.69) is 5.32 Å². The highest BCUT2D eigenvalue weighted by atomic mass is 35.5. The molecule has 1 amide bonds. The maximum Gasteiger partial charge on any atom is 0.223 e. The number of halogens is 1. The maximum absolute atomic E-state index is 11.5. The molecule has 0 fully saturated rings. The third-order valence-corrected chi connectivity index (χ3v) is 3.72. The molecule has 8 heteroatoms. The van der Waals surface area contributed by atoms with Crippen LogP contribution in [0, 0.1) is 0 Å². The van der Waals surface area contributed by atoms with Gasteiger partial charge in [-0.1, -0.05) is 0 Å². The number of sulfone groups is 1. The number of nitrogens with one attached hydrogen (secondary N) is 1. The van der Waals surface area contributed by atoms with Crippen molar-refractivity contribution in [3.8, 4) is 5.75 Å². The molecule has 0 saturated carbocycles. The van der Waals surface area contributed by atoms with Crippen LogP contribution in [-0.4, -0.2) is 39.3 Å². The number of carbonyl (C=O) groups is 1. The standard InChI is InChI=1S/C14H22N2O4S.ClH/c1-14(2,15)10-16-13(17)8-9-20-11-4-6-12(7-5-11)21(3,18)19;/h4-7H,8-10,15H2,1-3H3,(H,16,17);1H. The van der Waals surface area contributed by atoms with Gasteiger partial charge in [0.15, 0.2) is 9.84 Å². The lowest BCUT2D eigenvalue weighted by Gasteiger charge is -2.18. The van der Waals surface area contributed by atoms with E-state index in [-0.39, 0.29) is 36.2 Å². The number of carbonyl (C=O) groups excluding carboxylic acids is 1. The largest absolute Gasteiger partial charge is 0.493 e. The Balaban J connectivity index is 0.00000441. The summed E-state index contributed by atoms with van der Waals surface area (Å²) in [4.78, 5) is 11.8. The Morgan fingerprint density at radius 2 is 1.82 bits per heavy atom. The van der Waals surface area contributed by atoms with Crippen LogP contribution in [0.15, 0.2) is 29.2 Å². The van der Waals surface area contributed by atoms with Crippen LogP contribution in [0.2, 0.25) is 0 Å². The average Bonchev–Trinajstić information content (AvgIpc) is 2.35. The van der Waals surface area contributed by atoms with E-state index in [1.165, 1.54) is 12.1 Å². The Morgan fingerprint density at radius 1 is 1.27 bits per heavy atom. The normalized spacial score (nSPS) is 11.5. The van der Waals surface area contributed by atoms with Crippen molar-refractivity contribution < 1.29 is 17.9 Å². The van der Waals surface area contributed by atoms with Gasteiger partial charge in [-0.25, -0.2) is 8.42 Å². The van der Waals surface area contributed by atoms with E-state index in [4.69, 9.17) is 10.5 Å². The lowest BCUT2D eigenvalue weighted by molar-refractivity contribution is -0.121. The van der Waals surface area contributed by atoms with Crippen molar-refractivity contribution in [1.82, 2.24) is 5.32 Å². The monoisotopic (exact) mass is 350 g/mol. The molecular weight excluding hydrogens is 328 g/mol. The predicted molar refractivity (Wildman–Crippen MR) is 88.2 cm³/mol. The molecule has 22 heavy (non-hydrogen) atoms. The van der Waals surface area contributed by atoms with Crippen LogP contribution in [0.25, 0.3) is 0 Å². The summed E-state index contributed by atoms with van der Waals surface area (Å²) in [6, 6.07) is 6.08. The van der Waals surface area contributed by atoms with Crippen LogP contribution < -0.4 is 15.8 Å². The number of nitrogens with two attached hydrogens (primary N) is 1. The zero-order chi connectivity index (χ0) is 16.1. The van der Waals surface area contributed by atoms with Gasteiger partial charge in [0, 0.05) is 18.3 Å². The summed E-state index contributed by atoms with van der Waals surface area (Å²) in [7, 11) is -3.21. The molecule has 0 bridgehead atoms. The topological polar surface area (TPSA) is 98.5 Å². The van der Waals surface area contributed by atoms with Gasteiger partial charge >= 0.3 is 0 Å². The van der Waals surface area contributed by atoms with Gasteiger partial charge in [0.25, 0.3) is 0 Å². The molecule has 0 saturated heterocycles. The lowest BCUT2D eigenvalue weighted by Crippen LogP contribution is -2.45. The van der Waals surface area contributed by atoms with Crippen LogP contribution in [0.4, 0.5) is 0 Å². The zero-order valence-electron chi connectivity index (χ0n) is 13.0. The van der Waals surface area contributed by atoms with Crippen molar-refractivity contribution in [2.45, 2.75) is 30.7 Å². The van der Waals surface area contributed by atoms with E-state index in [0.717, 1.165) is 6.26 Å². The van der Waals surface area contributed by atoms with E-state index in [1.54, 1.807) is 12.1 Å². The van der Waals surface area contributed by atoms with Crippen molar-refractivity contribution in [3.63, 3.8) is 0 Å². The Kier molecular flexibility index (Phi) is 7.86. The SMILES string of the molecule is CC(C)(N)CNC(=O)CCOc1ccc(S(C)(=O)=O)cc1.Cl. The molecule has 3 N–H and O–H groups in total. The summed E-state index contributed by atoms with van der Waals surface area (Å²) in [6.07, 6.45) is 1.36. The number of ether oxygens (including phenoxy) is 1. The fourth-order valence-corrected chi connectivity index (χ4v) is 2.09. The third kappa shape index (κ3) is 8.21. The minimum Gasteiger partial charge on any atom is -0.493 e. The smallest absolute Gasteiger partial charge is 0.223 e. The summed E-state index contributed by atoms with van der Waals surface area (Å²) in [5, 5.41) is 2.71. The van der Waals surface area contributed by atoms with E-state index in [1.807, 2.05) is 13.8 Å². The molecule has 0 atom stereocenters. The molecule has 1 aromatic carbocycles. The summed E-state index contributed by atoms with van der Waals surface area (Å²) >= 11 is 0. The predicted octanol–water partition coefficient (Wildman–Crippen LogP) is 1.13. The van der Waals surface area contributed by atoms with Gasteiger partial charge in [-0.15, -0.1) is 12.4 Å². The molecular formula is C14H23ClN2O4S. The van der Waals surface area contributed by atoms with Crippen molar-refractivity contribution in [2.24, 2.45) is 5.73 Å². The van der Waals surface area contributed by atoms with Gasteiger partial charge in [0.2, 0.25) is 5.91 Å². The molecule has 6 nitrogen and oxygen atoms in total. The number of benzene rings is 1. The highest BCUT2D eigenvalue weighted by Crippen LogP contribution is 2.15. The third-order valence-electron chi connectivity index (χ3n) is 2.59. The second-order valence-corrected chi connectivity index (χ2v) is 7.62. The minimum absolute atomic E-state index is 0. The molecule has 1 aromatic rings. The van der Waals surface area contributed by atoms with E-state index >= 15 is 0 Å². The van der Waals surface area contributed by atoms with Crippen LogP contribution >= 0.6 is 12.4 Å². The molecule has 0 heterocycles. The van der Waals surface area contributed by atoms with Crippen LogP contribution in [0.3, 0.4) is 0 Å². The van der Waals surface area contributed by atoms with E-state index < -0.39 is 15.4 Å². The molecule has 0 unspecified atom stereocenters. The quantitative estimate of drug-likeness (QED) is 0.768. The zero-order valence-corrected chi connectivity index (χ0v) is 14.6. The molecule has 0 spiro atoms.